The first-order valence-electron chi connectivity index (χ1n) is 9.53. The van der Waals surface area contributed by atoms with E-state index in [9.17, 15) is 0 Å². The van der Waals surface area contributed by atoms with E-state index in [1.54, 1.807) is 14.2 Å². The molecule has 0 spiro atoms. The molecular formula is C26H23O2P. The fourth-order valence-corrected chi connectivity index (χ4v) is 5.85. The maximum absolute atomic E-state index is 5.37. The average Bonchev–Trinajstić information content (AvgIpc) is 2.81. The van der Waals surface area contributed by atoms with Crippen molar-refractivity contribution in [3.8, 4) is 22.6 Å². The second kappa shape index (κ2) is 8.94. The minimum atomic E-state index is -0.736. The van der Waals surface area contributed by atoms with E-state index in [1.165, 1.54) is 27.0 Å². The summed E-state index contributed by atoms with van der Waals surface area (Å²) >= 11 is 0. The Morgan fingerprint density at radius 2 is 1.00 bits per heavy atom. The van der Waals surface area contributed by atoms with Crippen molar-refractivity contribution >= 4 is 23.8 Å². The van der Waals surface area contributed by atoms with Gasteiger partial charge in [0, 0.05) is 0 Å². The maximum atomic E-state index is 5.37. The van der Waals surface area contributed by atoms with Crippen molar-refractivity contribution in [3.63, 3.8) is 0 Å². The Balaban J connectivity index is 1.88. The van der Waals surface area contributed by atoms with Crippen molar-refractivity contribution < 1.29 is 9.47 Å². The van der Waals surface area contributed by atoms with Gasteiger partial charge in [-0.3, -0.25) is 0 Å². The van der Waals surface area contributed by atoms with Crippen LogP contribution in [0.5, 0.6) is 11.5 Å². The molecule has 0 aromatic heterocycles. The van der Waals surface area contributed by atoms with Crippen molar-refractivity contribution in [1.29, 1.82) is 0 Å². The molecule has 4 aromatic carbocycles. The molecule has 0 aliphatic carbocycles. The lowest BCUT2D eigenvalue weighted by Crippen LogP contribution is -2.22. The third-order valence-electron chi connectivity index (χ3n) is 4.89. The number of hydrogen-bond acceptors (Lipinski definition) is 2. The normalized spacial score (nSPS) is 10.7. The third kappa shape index (κ3) is 4.18. The van der Waals surface area contributed by atoms with E-state index < -0.39 is 7.92 Å². The number of rotatable bonds is 6. The largest absolute Gasteiger partial charge is 0.497 e. The second-order valence-electron chi connectivity index (χ2n) is 6.61. The van der Waals surface area contributed by atoms with E-state index in [4.69, 9.17) is 9.47 Å². The molecule has 0 aliphatic heterocycles. The summed E-state index contributed by atoms with van der Waals surface area (Å²) in [6, 6.07) is 36.2. The molecule has 0 bridgehead atoms. The molecule has 0 saturated heterocycles. The highest BCUT2D eigenvalue weighted by atomic mass is 31.1. The van der Waals surface area contributed by atoms with Crippen LogP contribution in [-0.2, 0) is 0 Å². The molecule has 3 heteroatoms. The van der Waals surface area contributed by atoms with Crippen LogP contribution in [0.4, 0.5) is 0 Å². The lowest BCUT2D eigenvalue weighted by molar-refractivity contribution is 0.415. The van der Waals surface area contributed by atoms with E-state index in [0.29, 0.717) is 0 Å². The van der Waals surface area contributed by atoms with Gasteiger partial charge in [-0.15, -0.1) is 0 Å². The van der Waals surface area contributed by atoms with Crippen LogP contribution in [0.15, 0.2) is 103 Å². The molecule has 2 nitrogen and oxygen atoms in total. The first-order valence-corrected chi connectivity index (χ1v) is 10.9. The molecule has 29 heavy (non-hydrogen) atoms. The van der Waals surface area contributed by atoms with Gasteiger partial charge in [-0.25, -0.2) is 0 Å². The highest BCUT2D eigenvalue weighted by Gasteiger charge is 2.20. The van der Waals surface area contributed by atoms with Crippen LogP contribution in [0.1, 0.15) is 0 Å². The van der Waals surface area contributed by atoms with Gasteiger partial charge in [-0.1, -0.05) is 78.9 Å². The smallest absolute Gasteiger partial charge is 0.118 e. The Morgan fingerprint density at radius 1 is 0.517 bits per heavy atom. The summed E-state index contributed by atoms with van der Waals surface area (Å²) in [5.41, 5.74) is 2.50. The van der Waals surface area contributed by atoms with Crippen LogP contribution in [0.3, 0.4) is 0 Å². The second-order valence-corrected chi connectivity index (χ2v) is 8.80. The standard InChI is InChI=1S/C26H23O2P/c1-27-21-12-16-23(17-13-21)29(24-18-14-22(28-2)15-19-24)26-11-7-6-10-25(26)20-8-4-3-5-9-20/h3-19H,1-2H3. The zero-order valence-electron chi connectivity index (χ0n) is 16.6. The van der Waals surface area contributed by atoms with Crippen LogP contribution in [0, 0.1) is 0 Å². The van der Waals surface area contributed by atoms with Crippen molar-refractivity contribution in [2.75, 3.05) is 14.2 Å². The van der Waals surface area contributed by atoms with Gasteiger partial charge in [-0.05, 0) is 59.2 Å². The van der Waals surface area contributed by atoms with Crippen molar-refractivity contribution in [3.05, 3.63) is 103 Å². The monoisotopic (exact) mass is 398 g/mol. The van der Waals surface area contributed by atoms with E-state index in [1.807, 2.05) is 24.3 Å². The summed E-state index contributed by atoms with van der Waals surface area (Å²) in [5, 5.41) is 3.91. The summed E-state index contributed by atoms with van der Waals surface area (Å²) in [6.07, 6.45) is 0. The fraction of sp³-hybridized carbons (Fsp3) is 0.0769. The molecule has 0 radical (unpaired) electrons. The number of hydrogen-bond donors (Lipinski definition) is 0. The van der Waals surface area contributed by atoms with Crippen LogP contribution in [0.25, 0.3) is 11.1 Å². The summed E-state index contributed by atoms with van der Waals surface area (Å²) < 4.78 is 10.7. The topological polar surface area (TPSA) is 18.5 Å². The summed E-state index contributed by atoms with van der Waals surface area (Å²) in [6.45, 7) is 0. The Kier molecular flexibility index (Phi) is 5.93. The molecule has 0 amide bonds. The van der Waals surface area contributed by atoms with Crippen LogP contribution in [0.2, 0.25) is 0 Å². The van der Waals surface area contributed by atoms with Crippen molar-refractivity contribution in [1.82, 2.24) is 0 Å². The van der Waals surface area contributed by atoms with E-state index in [-0.39, 0.29) is 0 Å². The third-order valence-corrected chi connectivity index (χ3v) is 7.39. The van der Waals surface area contributed by atoms with Crippen LogP contribution < -0.4 is 25.4 Å². The van der Waals surface area contributed by atoms with Gasteiger partial charge in [-0.2, -0.15) is 0 Å². The van der Waals surface area contributed by atoms with Crippen molar-refractivity contribution in [2.45, 2.75) is 0 Å². The van der Waals surface area contributed by atoms with E-state index in [2.05, 4.69) is 78.9 Å². The zero-order valence-corrected chi connectivity index (χ0v) is 17.5. The van der Waals surface area contributed by atoms with Gasteiger partial charge in [0.25, 0.3) is 0 Å². The summed E-state index contributed by atoms with van der Waals surface area (Å²) in [7, 11) is 2.66. The quantitative estimate of drug-likeness (QED) is 0.419. The SMILES string of the molecule is COc1ccc(P(c2ccc(OC)cc2)c2ccccc2-c2ccccc2)cc1. The Hall–Kier alpha value is -3.09. The fourth-order valence-electron chi connectivity index (χ4n) is 3.42. The molecular weight excluding hydrogens is 375 g/mol. The Morgan fingerprint density at radius 3 is 1.52 bits per heavy atom. The summed E-state index contributed by atoms with van der Waals surface area (Å²) in [5.74, 6) is 1.74. The highest BCUT2D eigenvalue weighted by Crippen LogP contribution is 2.37. The Bertz CT molecular complexity index is 1010. The maximum Gasteiger partial charge on any atom is 0.118 e. The first-order chi connectivity index (χ1) is 14.3. The zero-order chi connectivity index (χ0) is 20.1. The number of methoxy groups -OCH3 is 2. The lowest BCUT2D eigenvalue weighted by atomic mass is 10.1. The van der Waals surface area contributed by atoms with Gasteiger partial charge in [0.2, 0.25) is 0 Å². The van der Waals surface area contributed by atoms with Gasteiger partial charge in [0.1, 0.15) is 11.5 Å². The molecule has 4 aromatic rings. The summed E-state index contributed by atoms with van der Waals surface area (Å²) in [4.78, 5) is 0. The predicted molar refractivity (Wildman–Crippen MR) is 124 cm³/mol. The molecule has 0 heterocycles. The van der Waals surface area contributed by atoms with Crippen LogP contribution in [-0.4, -0.2) is 14.2 Å². The van der Waals surface area contributed by atoms with Crippen molar-refractivity contribution in [2.24, 2.45) is 0 Å². The van der Waals surface area contributed by atoms with E-state index in [0.717, 1.165) is 11.5 Å². The molecule has 0 aliphatic rings. The Labute approximate surface area is 173 Å². The minimum Gasteiger partial charge on any atom is -0.497 e. The lowest BCUT2D eigenvalue weighted by Gasteiger charge is -2.23. The predicted octanol–water partition coefficient (Wildman–Crippen LogP) is 5.13. The molecule has 0 fully saturated rings. The van der Waals surface area contributed by atoms with Gasteiger partial charge in [0.15, 0.2) is 0 Å². The molecule has 4 rings (SSSR count). The minimum absolute atomic E-state index is 0.736. The molecule has 0 atom stereocenters. The van der Waals surface area contributed by atoms with Gasteiger partial charge >= 0.3 is 0 Å². The highest BCUT2D eigenvalue weighted by molar-refractivity contribution is 7.80. The van der Waals surface area contributed by atoms with Crippen LogP contribution >= 0.6 is 7.92 Å². The number of ether oxygens (including phenoxy) is 2. The molecule has 0 N–H and O–H groups in total. The van der Waals surface area contributed by atoms with E-state index >= 15 is 0 Å². The molecule has 0 saturated carbocycles. The average molecular weight is 398 g/mol. The molecule has 0 unspecified atom stereocenters. The first kappa shape index (κ1) is 19.2. The van der Waals surface area contributed by atoms with Gasteiger partial charge < -0.3 is 9.47 Å². The number of benzene rings is 4. The molecule has 144 valence electrons. The van der Waals surface area contributed by atoms with Gasteiger partial charge in [0.05, 0.1) is 14.2 Å².